The van der Waals surface area contributed by atoms with Crippen molar-refractivity contribution in [1.29, 1.82) is 0 Å². The van der Waals surface area contributed by atoms with E-state index in [1.54, 1.807) is 0 Å². The number of hydrogen-bond acceptors (Lipinski definition) is 3. The largest absolute Gasteiger partial charge is 0.461 e. The van der Waals surface area contributed by atoms with Gasteiger partial charge in [0.15, 0.2) is 0 Å². The zero-order chi connectivity index (χ0) is 15.2. The molecule has 0 bridgehead atoms. The lowest BCUT2D eigenvalue weighted by Gasteiger charge is -2.36. The Balaban J connectivity index is 2.43. The standard InChI is InChI=1S/C17H27NO2/c1-6-17(3,4)18(5)12-14(2)16(19)20-13-15-10-8-7-9-11-15/h7-11,14H,6,12-13H2,1-5H3. The van der Waals surface area contributed by atoms with Gasteiger partial charge in [-0.05, 0) is 32.9 Å². The van der Waals surface area contributed by atoms with Crippen LogP contribution in [0.1, 0.15) is 39.7 Å². The van der Waals surface area contributed by atoms with Crippen LogP contribution < -0.4 is 0 Å². The molecule has 0 fully saturated rings. The Labute approximate surface area is 122 Å². The third-order valence-electron chi connectivity index (χ3n) is 4.07. The quantitative estimate of drug-likeness (QED) is 0.715. The van der Waals surface area contributed by atoms with Gasteiger partial charge >= 0.3 is 5.97 Å². The second-order valence-corrected chi connectivity index (χ2v) is 6.04. The zero-order valence-corrected chi connectivity index (χ0v) is 13.3. The second-order valence-electron chi connectivity index (χ2n) is 6.04. The minimum absolute atomic E-state index is 0.105. The Hall–Kier alpha value is -1.35. The van der Waals surface area contributed by atoms with E-state index >= 15 is 0 Å². The third kappa shape index (κ3) is 4.97. The molecule has 1 atom stereocenters. The van der Waals surface area contributed by atoms with Crippen molar-refractivity contribution in [2.24, 2.45) is 5.92 Å². The molecule has 112 valence electrons. The Morgan fingerprint density at radius 1 is 1.30 bits per heavy atom. The van der Waals surface area contributed by atoms with Gasteiger partial charge in [0.2, 0.25) is 0 Å². The predicted octanol–water partition coefficient (Wildman–Crippen LogP) is 3.49. The highest BCUT2D eigenvalue weighted by molar-refractivity contribution is 5.72. The number of nitrogens with zero attached hydrogens (tertiary/aromatic N) is 1. The maximum absolute atomic E-state index is 12.0. The molecule has 0 spiro atoms. The van der Waals surface area contributed by atoms with Crippen molar-refractivity contribution in [2.45, 2.75) is 46.3 Å². The lowest BCUT2D eigenvalue weighted by atomic mass is 9.98. The number of esters is 1. The van der Waals surface area contributed by atoms with Gasteiger partial charge < -0.3 is 9.64 Å². The first kappa shape index (κ1) is 16.7. The second kappa shape index (κ2) is 7.44. The molecule has 1 rings (SSSR count). The Morgan fingerprint density at radius 3 is 2.45 bits per heavy atom. The minimum atomic E-state index is -0.132. The molecule has 0 saturated carbocycles. The number of carbonyl (C=O) groups excluding carboxylic acids is 1. The summed E-state index contributed by atoms with van der Waals surface area (Å²) in [7, 11) is 2.06. The van der Waals surface area contributed by atoms with Crippen molar-refractivity contribution in [2.75, 3.05) is 13.6 Å². The first-order valence-electron chi connectivity index (χ1n) is 7.28. The fourth-order valence-electron chi connectivity index (χ4n) is 1.87. The topological polar surface area (TPSA) is 29.5 Å². The van der Waals surface area contributed by atoms with Gasteiger partial charge in [0, 0.05) is 12.1 Å². The molecule has 0 aliphatic heterocycles. The molecule has 3 heteroatoms. The molecule has 0 radical (unpaired) electrons. The van der Waals surface area contributed by atoms with Crippen molar-refractivity contribution in [3.8, 4) is 0 Å². The Bertz CT molecular complexity index is 414. The van der Waals surface area contributed by atoms with Gasteiger partial charge in [-0.1, -0.05) is 44.2 Å². The predicted molar refractivity (Wildman–Crippen MR) is 82.4 cm³/mol. The van der Waals surface area contributed by atoms with Crippen LogP contribution in [0.15, 0.2) is 30.3 Å². The zero-order valence-electron chi connectivity index (χ0n) is 13.3. The van der Waals surface area contributed by atoms with Crippen LogP contribution in [0.2, 0.25) is 0 Å². The molecule has 1 unspecified atom stereocenters. The molecule has 0 saturated heterocycles. The molecular formula is C17H27NO2. The summed E-state index contributed by atoms with van der Waals surface area (Å²) in [6.07, 6.45) is 1.05. The molecule has 20 heavy (non-hydrogen) atoms. The Kier molecular flexibility index (Phi) is 6.21. The van der Waals surface area contributed by atoms with E-state index in [1.165, 1.54) is 0 Å². The van der Waals surface area contributed by atoms with E-state index < -0.39 is 0 Å². The Morgan fingerprint density at radius 2 is 1.90 bits per heavy atom. The number of ether oxygens (including phenoxy) is 1. The molecule has 0 amide bonds. The van der Waals surface area contributed by atoms with Crippen molar-refractivity contribution in [3.05, 3.63) is 35.9 Å². The van der Waals surface area contributed by atoms with Gasteiger partial charge in [-0.25, -0.2) is 0 Å². The summed E-state index contributed by atoms with van der Waals surface area (Å²) in [5.74, 6) is -0.248. The fourth-order valence-corrected chi connectivity index (χ4v) is 1.87. The van der Waals surface area contributed by atoms with Crippen molar-refractivity contribution in [1.82, 2.24) is 4.90 Å². The molecule has 1 aromatic rings. The van der Waals surface area contributed by atoms with Crippen LogP contribution in [0.5, 0.6) is 0 Å². The maximum atomic E-state index is 12.0. The fraction of sp³-hybridized carbons (Fsp3) is 0.588. The van der Waals surface area contributed by atoms with E-state index in [-0.39, 0.29) is 17.4 Å². The number of hydrogen-bond donors (Lipinski definition) is 0. The molecule has 0 aromatic heterocycles. The summed E-state index contributed by atoms with van der Waals surface area (Å²) in [5, 5.41) is 0. The molecule has 0 heterocycles. The van der Waals surface area contributed by atoms with E-state index in [0.29, 0.717) is 13.2 Å². The minimum Gasteiger partial charge on any atom is -0.461 e. The van der Waals surface area contributed by atoms with Crippen LogP contribution in [-0.4, -0.2) is 30.0 Å². The maximum Gasteiger partial charge on any atom is 0.310 e. The third-order valence-corrected chi connectivity index (χ3v) is 4.07. The average molecular weight is 277 g/mol. The van der Waals surface area contributed by atoms with Gasteiger partial charge in [-0.2, -0.15) is 0 Å². The number of benzene rings is 1. The van der Waals surface area contributed by atoms with Gasteiger partial charge in [0.05, 0.1) is 5.92 Å². The van der Waals surface area contributed by atoms with Crippen LogP contribution >= 0.6 is 0 Å². The molecule has 0 aliphatic rings. The van der Waals surface area contributed by atoms with Crippen molar-refractivity contribution >= 4 is 5.97 Å². The highest BCUT2D eigenvalue weighted by atomic mass is 16.5. The number of rotatable bonds is 7. The van der Waals surface area contributed by atoms with E-state index in [0.717, 1.165) is 12.0 Å². The SMILES string of the molecule is CCC(C)(C)N(C)CC(C)C(=O)OCc1ccccc1. The molecule has 0 aliphatic carbocycles. The molecule has 3 nitrogen and oxygen atoms in total. The highest BCUT2D eigenvalue weighted by Gasteiger charge is 2.25. The summed E-state index contributed by atoms with van der Waals surface area (Å²) in [4.78, 5) is 14.2. The number of carbonyl (C=O) groups is 1. The summed E-state index contributed by atoms with van der Waals surface area (Å²) in [6, 6.07) is 9.78. The molecule has 1 aromatic carbocycles. The van der Waals surface area contributed by atoms with Crippen molar-refractivity contribution in [3.63, 3.8) is 0 Å². The van der Waals surface area contributed by atoms with Crippen molar-refractivity contribution < 1.29 is 9.53 Å². The van der Waals surface area contributed by atoms with Crippen LogP contribution in [0.25, 0.3) is 0 Å². The lowest BCUT2D eigenvalue weighted by Crippen LogP contribution is -2.44. The van der Waals surface area contributed by atoms with E-state index in [9.17, 15) is 4.79 Å². The monoisotopic (exact) mass is 277 g/mol. The summed E-state index contributed by atoms with van der Waals surface area (Å²) >= 11 is 0. The first-order valence-corrected chi connectivity index (χ1v) is 7.28. The average Bonchev–Trinajstić information content (AvgIpc) is 2.45. The molecular weight excluding hydrogens is 250 g/mol. The van der Waals surface area contributed by atoms with Crippen LogP contribution in [-0.2, 0) is 16.1 Å². The van der Waals surface area contributed by atoms with Gasteiger partial charge in [0.25, 0.3) is 0 Å². The van der Waals surface area contributed by atoms with Gasteiger partial charge in [-0.15, -0.1) is 0 Å². The van der Waals surface area contributed by atoms with E-state index in [1.807, 2.05) is 37.3 Å². The normalized spacial score (nSPS) is 13.3. The first-order chi connectivity index (χ1) is 9.36. The molecule has 0 N–H and O–H groups in total. The van der Waals surface area contributed by atoms with Crippen LogP contribution in [0.4, 0.5) is 0 Å². The van der Waals surface area contributed by atoms with Gasteiger partial charge in [-0.3, -0.25) is 4.79 Å². The van der Waals surface area contributed by atoms with Gasteiger partial charge in [0.1, 0.15) is 6.61 Å². The summed E-state index contributed by atoms with van der Waals surface area (Å²) in [6.45, 7) is 9.54. The lowest BCUT2D eigenvalue weighted by molar-refractivity contribution is -0.150. The smallest absolute Gasteiger partial charge is 0.310 e. The van der Waals surface area contributed by atoms with Crippen LogP contribution in [0.3, 0.4) is 0 Å². The highest BCUT2D eigenvalue weighted by Crippen LogP contribution is 2.18. The summed E-state index contributed by atoms with van der Waals surface area (Å²) < 4.78 is 5.37. The van der Waals surface area contributed by atoms with E-state index in [2.05, 4.69) is 32.7 Å². The van der Waals surface area contributed by atoms with E-state index in [4.69, 9.17) is 4.74 Å². The van der Waals surface area contributed by atoms with Crippen LogP contribution in [0, 0.1) is 5.92 Å². The summed E-state index contributed by atoms with van der Waals surface area (Å²) in [5.41, 5.74) is 1.13.